The van der Waals surface area contributed by atoms with Crippen LogP contribution < -0.4 is 0 Å². The van der Waals surface area contributed by atoms with Crippen LogP contribution in [0, 0.1) is 17.8 Å². The summed E-state index contributed by atoms with van der Waals surface area (Å²) in [6.07, 6.45) is 27.5. The number of esters is 1. The molecule has 0 N–H and O–H groups in total. The van der Waals surface area contributed by atoms with Gasteiger partial charge in [0.2, 0.25) is 11.8 Å². The van der Waals surface area contributed by atoms with Crippen molar-refractivity contribution in [3.8, 4) is 0 Å². The predicted molar refractivity (Wildman–Crippen MR) is 439 cm³/mol. The highest BCUT2D eigenvalue weighted by molar-refractivity contribution is 5.81. The fourth-order valence-corrected chi connectivity index (χ4v) is 14.7. The van der Waals surface area contributed by atoms with Crippen molar-refractivity contribution in [2.45, 2.75) is 277 Å². The maximum absolute atomic E-state index is 11.7. The Morgan fingerprint density at radius 3 is 1.17 bits per heavy atom. The zero-order valence-corrected chi connectivity index (χ0v) is 71.5. The van der Waals surface area contributed by atoms with Gasteiger partial charge in [-0.05, 0) is 239 Å². The van der Waals surface area contributed by atoms with Crippen molar-refractivity contribution in [3.63, 3.8) is 0 Å². The Labute approximate surface area is 643 Å². The quantitative estimate of drug-likeness (QED) is 0.0454. The molecule has 19 heteroatoms. The molecular weight excluding hydrogens is 1300 g/mol. The minimum absolute atomic E-state index is 0.00390. The van der Waals surface area contributed by atoms with Crippen molar-refractivity contribution >= 4 is 23.6 Å². The number of carbonyl (C=O) groups is 4. The lowest BCUT2D eigenvalue weighted by molar-refractivity contribution is -0.145. The van der Waals surface area contributed by atoms with Gasteiger partial charge in [-0.25, -0.2) is 0 Å². The highest BCUT2D eigenvalue weighted by atomic mass is 16.5. The summed E-state index contributed by atoms with van der Waals surface area (Å²) in [5.41, 5.74) is 0. The number of Topliss-reactive ketones (excluding diaryl/α,β-unsaturated/α-hetero) is 1. The first-order valence-electron chi connectivity index (χ1n) is 44.1. The Bertz CT molecular complexity index is 1950. The average molecular weight is 1480 g/mol. The second kappa shape index (κ2) is 67.5. The van der Waals surface area contributed by atoms with E-state index in [4.69, 9.17) is 18.9 Å². The maximum Gasteiger partial charge on any atom is 0.306 e. The van der Waals surface area contributed by atoms with Crippen LogP contribution in [0.3, 0.4) is 0 Å². The van der Waals surface area contributed by atoms with E-state index in [1.54, 1.807) is 0 Å². The molecule has 8 saturated heterocycles. The lowest BCUT2D eigenvalue weighted by atomic mass is 9.90. The van der Waals surface area contributed by atoms with Crippen LogP contribution in [-0.4, -0.2) is 326 Å². The van der Waals surface area contributed by atoms with Crippen molar-refractivity contribution in [2.24, 2.45) is 17.8 Å². The van der Waals surface area contributed by atoms with Gasteiger partial charge in [-0.1, -0.05) is 117 Å². The first kappa shape index (κ1) is 99.6. The van der Waals surface area contributed by atoms with Gasteiger partial charge in [0.1, 0.15) is 5.78 Å². The Balaban J connectivity index is 0.000000596. The van der Waals surface area contributed by atoms with Crippen LogP contribution in [0.5, 0.6) is 0 Å². The van der Waals surface area contributed by atoms with Crippen LogP contribution in [0.25, 0.3) is 0 Å². The van der Waals surface area contributed by atoms with Crippen LogP contribution >= 0.6 is 0 Å². The van der Waals surface area contributed by atoms with Gasteiger partial charge in [0.05, 0.1) is 18.8 Å². The predicted octanol–water partition coefficient (Wildman–Crippen LogP) is 13.8. The molecule has 8 heterocycles. The van der Waals surface area contributed by atoms with E-state index in [2.05, 4.69) is 141 Å². The van der Waals surface area contributed by atoms with Gasteiger partial charge in [-0.2, -0.15) is 0 Å². The maximum atomic E-state index is 11.7. The molecule has 8 aliphatic heterocycles. The van der Waals surface area contributed by atoms with Gasteiger partial charge in [0, 0.05) is 156 Å². The Hall–Kier alpha value is -2.40. The molecule has 0 spiro atoms. The summed E-state index contributed by atoms with van der Waals surface area (Å²) in [5, 5.41) is 0. The van der Waals surface area contributed by atoms with Crippen molar-refractivity contribution in [1.29, 1.82) is 0 Å². The van der Waals surface area contributed by atoms with Crippen molar-refractivity contribution < 1.29 is 38.1 Å². The summed E-state index contributed by atoms with van der Waals surface area (Å²) in [7, 11) is 0. The number of hydrogen-bond donors (Lipinski definition) is 0. The fourth-order valence-electron chi connectivity index (χ4n) is 14.7. The van der Waals surface area contributed by atoms with Gasteiger partial charge < -0.3 is 72.8 Å². The number of unbranched alkanes of at least 4 members (excludes halogenated alkanes) is 1. The number of ketones is 1. The number of carbonyl (C=O) groups excluding carboxylic acids is 4. The van der Waals surface area contributed by atoms with E-state index >= 15 is 0 Å². The second-order valence-electron chi connectivity index (χ2n) is 30.3. The molecule has 8 aliphatic rings. The van der Waals surface area contributed by atoms with Crippen LogP contribution in [0.2, 0.25) is 0 Å². The van der Waals surface area contributed by atoms with Crippen LogP contribution in [0.15, 0.2) is 0 Å². The third kappa shape index (κ3) is 49.0. The number of likely N-dealkylation sites (tertiary alicyclic amines) is 5. The zero-order valence-electron chi connectivity index (χ0n) is 71.5. The standard InChI is InChI=1S/C13H25NO2.C12H25NO.C12H23NO.C10H20N2O.2C10H21NO.C9H18N2O.C9H20N2/c1-3-7-14-8-5-12(6-9-14)11-13(15)16-10-4-2;1-3-10-14-11-7-12-5-8-13(4-2)9-6-12;1-3-5-6-12(14)11-7-9-13(4-2)10-8-11;1-3-5-10(13)12-8-6-11(4-2)7-9-12;1-3-9-12-10-5-7-11(4-2)8-6-10;1-3-8-12-10-6-5-7-11(4-2)9-10;1-3-9(12)11-7-5-10(4-2)6-8-11;1-3-5-11-8-6-10(4-2)7-9-11/h12H,3-11H2,1-2H3;12H,3-11H2,1-2H3;11H,3-10H2,1-2H3;3-9H2,1-2H3;2*10H,3-9H2,1-2H3;3-8H2,1-2H3;3-9H2,1-2H3. The lowest BCUT2D eigenvalue weighted by Gasteiger charge is -2.34. The molecule has 616 valence electrons. The topological polar surface area (TPSA) is 141 Å². The molecule has 0 aromatic rings. The van der Waals surface area contributed by atoms with E-state index in [0.717, 1.165) is 214 Å². The third-order valence-electron chi connectivity index (χ3n) is 22.2. The van der Waals surface area contributed by atoms with E-state index in [-0.39, 0.29) is 5.97 Å². The molecule has 8 rings (SSSR count). The van der Waals surface area contributed by atoms with Crippen molar-refractivity contribution in [3.05, 3.63) is 0 Å². The SMILES string of the molecule is CCC(=O)N1CCN(CC)CC1.CCCC(=O)N1CCN(CC)CC1.CCCCC(=O)C1CCN(CC)CC1.CCCN1CCN(CC)CC1.CCCOC(=O)CC1CCN(CCC)CC1.CCCOC1CCCN(CC)C1.CCCOC1CCN(CC)CC1.CCCOCCC1CCN(CC)CC1. The lowest BCUT2D eigenvalue weighted by Crippen LogP contribution is -2.48. The van der Waals surface area contributed by atoms with E-state index in [1.165, 1.54) is 156 Å². The van der Waals surface area contributed by atoms with E-state index in [9.17, 15) is 19.2 Å². The smallest absolute Gasteiger partial charge is 0.306 e. The van der Waals surface area contributed by atoms with E-state index in [0.29, 0.717) is 67.5 Å². The highest BCUT2D eigenvalue weighted by Gasteiger charge is 2.26. The van der Waals surface area contributed by atoms with Gasteiger partial charge >= 0.3 is 5.97 Å². The van der Waals surface area contributed by atoms with Gasteiger partial charge in [-0.3, -0.25) is 19.2 Å². The molecular formula is C85H173N11O8. The van der Waals surface area contributed by atoms with Crippen molar-refractivity contribution in [2.75, 3.05) is 236 Å². The molecule has 19 nitrogen and oxygen atoms in total. The summed E-state index contributed by atoms with van der Waals surface area (Å²) < 4.78 is 22.1. The molecule has 1 atom stereocenters. The second-order valence-corrected chi connectivity index (χ2v) is 30.3. The molecule has 8 fully saturated rings. The van der Waals surface area contributed by atoms with Gasteiger partial charge in [0.25, 0.3) is 0 Å². The average Bonchev–Trinajstić information content (AvgIpc) is 0.951. The number of hydrogen-bond acceptors (Lipinski definition) is 17. The minimum atomic E-state index is -0.00390. The van der Waals surface area contributed by atoms with Gasteiger partial charge in [-0.15, -0.1) is 0 Å². The molecule has 104 heavy (non-hydrogen) atoms. The molecule has 0 radical (unpaired) electrons. The number of piperazine rings is 3. The van der Waals surface area contributed by atoms with E-state index < -0.39 is 0 Å². The molecule has 0 bridgehead atoms. The zero-order chi connectivity index (χ0) is 76.8. The highest BCUT2D eigenvalue weighted by Crippen LogP contribution is 2.23. The molecule has 0 aromatic heterocycles. The number of nitrogens with zero attached hydrogens (tertiary/aromatic N) is 11. The number of ether oxygens (including phenoxy) is 4. The first-order valence-corrected chi connectivity index (χ1v) is 44.1. The molecule has 0 saturated carbocycles. The summed E-state index contributed by atoms with van der Waals surface area (Å²) in [6.45, 7) is 74.6. The summed E-state index contributed by atoms with van der Waals surface area (Å²) in [4.78, 5) is 72.2. The largest absolute Gasteiger partial charge is 0.466 e. The summed E-state index contributed by atoms with van der Waals surface area (Å²) in [5.74, 6) is 3.00. The fraction of sp³-hybridized carbons (Fsp3) is 0.953. The summed E-state index contributed by atoms with van der Waals surface area (Å²) >= 11 is 0. The van der Waals surface area contributed by atoms with Crippen LogP contribution in [-0.2, 0) is 38.1 Å². The van der Waals surface area contributed by atoms with Crippen LogP contribution in [0.4, 0.5) is 0 Å². The first-order chi connectivity index (χ1) is 50.5. The summed E-state index contributed by atoms with van der Waals surface area (Å²) in [6, 6.07) is 0. The molecule has 2 amide bonds. The number of amides is 2. The number of piperidine rings is 5. The third-order valence-corrected chi connectivity index (χ3v) is 22.2. The van der Waals surface area contributed by atoms with Gasteiger partial charge in [0.15, 0.2) is 0 Å². The minimum Gasteiger partial charge on any atom is -0.466 e. The Morgan fingerprint density at radius 2 is 0.731 bits per heavy atom. The monoisotopic (exact) mass is 1480 g/mol. The van der Waals surface area contributed by atoms with Crippen LogP contribution in [0.1, 0.15) is 265 Å². The normalized spacial score (nSPS) is 20.8. The molecule has 0 aromatic carbocycles. The van der Waals surface area contributed by atoms with E-state index in [1.807, 2.05) is 23.6 Å². The number of rotatable bonds is 33. The van der Waals surface area contributed by atoms with Crippen molar-refractivity contribution in [1.82, 2.24) is 53.9 Å². The Morgan fingerprint density at radius 1 is 0.327 bits per heavy atom. The molecule has 1 unspecified atom stereocenters. The Kier molecular flexibility index (Phi) is 64.6. The number of likely N-dealkylation sites (N-methyl/N-ethyl adjacent to an activating group) is 4. The molecule has 0 aliphatic carbocycles.